The number of hydrogen-bond donors (Lipinski definition) is 3. The van der Waals surface area contributed by atoms with Gasteiger partial charge >= 0.3 is 305 Å². The Morgan fingerprint density at radius 2 is 0.960 bits per heavy atom. The first-order chi connectivity index (χ1) is 22.5. The maximum absolute atomic E-state index is 13.4. The van der Waals surface area contributed by atoms with Crippen LogP contribution in [0.25, 0.3) is 21.5 Å². The summed E-state index contributed by atoms with van der Waals surface area (Å²) in [6.45, 7) is 33.1. The van der Waals surface area contributed by atoms with Crippen LogP contribution in [0.2, 0.25) is 0 Å². The molecule has 0 amide bonds. The first-order valence-corrected chi connectivity index (χ1v) is 21.1. The van der Waals surface area contributed by atoms with Crippen molar-refractivity contribution in [3.8, 4) is 0 Å². The van der Waals surface area contributed by atoms with Gasteiger partial charge in [0.15, 0.2) is 0 Å². The van der Waals surface area contributed by atoms with Crippen LogP contribution in [0, 0.1) is 0 Å². The van der Waals surface area contributed by atoms with E-state index in [1.165, 1.54) is 11.1 Å². The first kappa shape index (κ1) is 38.9. The Kier molecular flexibility index (Phi) is 9.23. The summed E-state index contributed by atoms with van der Waals surface area (Å²) in [5.74, 6) is 0. The van der Waals surface area contributed by atoms with Gasteiger partial charge in [-0.05, 0) is 0 Å². The minimum absolute atomic E-state index is 0.00531. The van der Waals surface area contributed by atoms with Crippen molar-refractivity contribution in [3.63, 3.8) is 0 Å². The standard InChI is InChI=1S/C46H67O3P/c1-41(2,3)33-20-19-30-25-38(37(44(10,11)12)26-31(30)23-33)46(21-17-16-18-22-46)50(47,48,49)40-29-35-32(27-39(40)45(13,14)15)24-34(42(4,5)6)28-36(35)43(7,8)9/h19-20,23-29,47-49H,16-18,21-22H2,1-15H3. The van der Waals surface area contributed by atoms with Gasteiger partial charge in [0.05, 0.1) is 0 Å². The first-order valence-electron chi connectivity index (χ1n) is 19.0. The molecule has 0 spiro atoms. The van der Waals surface area contributed by atoms with E-state index in [1.54, 1.807) is 0 Å². The molecule has 4 heteroatoms. The van der Waals surface area contributed by atoms with E-state index in [9.17, 15) is 14.7 Å². The SMILES string of the molecule is CC(C)(C)c1ccc2cc(C3(P(O)(O)(O)c4cc5c(C(C)(C)C)cc(C(C)(C)C)cc5cc4C(C)(C)C)CCCCC3)c(C(C)(C)C)cc2c1. The Morgan fingerprint density at radius 1 is 0.460 bits per heavy atom. The zero-order chi connectivity index (χ0) is 37.7. The van der Waals surface area contributed by atoms with Crippen LogP contribution >= 0.6 is 7.28 Å². The Balaban J connectivity index is 1.94. The summed E-state index contributed by atoms with van der Waals surface area (Å²) in [5.41, 5.74) is 5.43. The zero-order valence-corrected chi connectivity index (χ0v) is 34.9. The van der Waals surface area contributed by atoms with Crippen molar-refractivity contribution in [1.29, 1.82) is 0 Å². The van der Waals surface area contributed by atoms with E-state index < -0.39 is 17.9 Å². The summed E-state index contributed by atoms with van der Waals surface area (Å²) in [7, 11) is -5.74. The van der Waals surface area contributed by atoms with Crippen LogP contribution < -0.4 is 5.30 Å². The van der Waals surface area contributed by atoms with Crippen molar-refractivity contribution in [2.24, 2.45) is 0 Å². The van der Waals surface area contributed by atoms with Crippen LogP contribution in [0.3, 0.4) is 0 Å². The minimum atomic E-state index is -5.74. The van der Waals surface area contributed by atoms with Gasteiger partial charge in [0.1, 0.15) is 0 Å². The molecule has 1 aliphatic rings. The molecule has 0 heterocycles. The van der Waals surface area contributed by atoms with Crippen molar-refractivity contribution in [2.45, 2.75) is 168 Å². The monoisotopic (exact) mass is 698 g/mol. The zero-order valence-electron chi connectivity index (χ0n) is 34.0. The van der Waals surface area contributed by atoms with Gasteiger partial charge in [-0.2, -0.15) is 0 Å². The number of fused-ring (bicyclic) bond motifs is 2. The topological polar surface area (TPSA) is 60.7 Å². The Labute approximate surface area is 304 Å². The third kappa shape index (κ3) is 6.71. The van der Waals surface area contributed by atoms with Gasteiger partial charge in [0.2, 0.25) is 0 Å². The molecule has 0 saturated heterocycles. The Hall–Kier alpha value is -2.29. The second kappa shape index (κ2) is 11.9. The van der Waals surface area contributed by atoms with Crippen LogP contribution in [0.1, 0.15) is 169 Å². The van der Waals surface area contributed by atoms with Gasteiger partial charge in [-0.15, -0.1) is 0 Å². The molecule has 1 fully saturated rings. The summed E-state index contributed by atoms with van der Waals surface area (Å²) >= 11 is 0. The van der Waals surface area contributed by atoms with Crippen molar-refractivity contribution in [3.05, 3.63) is 88.0 Å². The number of rotatable bonds is 3. The van der Waals surface area contributed by atoms with Crippen molar-refractivity contribution in [1.82, 2.24) is 0 Å². The molecule has 5 rings (SSSR count). The van der Waals surface area contributed by atoms with Gasteiger partial charge in [0.25, 0.3) is 0 Å². The van der Waals surface area contributed by atoms with E-state index in [0.29, 0.717) is 18.1 Å². The molecule has 0 unspecified atom stereocenters. The summed E-state index contributed by atoms with van der Waals surface area (Å²) < 4.78 is 0. The van der Waals surface area contributed by atoms with E-state index in [2.05, 4.69) is 152 Å². The van der Waals surface area contributed by atoms with E-state index in [1.807, 2.05) is 6.07 Å². The van der Waals surface area contributed by atoms with E-state index in [0.717, 1.165) is 63.1 Å². The van der Waals surface area contributed by atoms with Gasteiger partial charge in [0, 0.05) is 0 Å². The van der Waals surface area contributed by atoms with Gasteiger partial charge in [-0.1, -0.05) is 0 Å². The predicted octanol–water partition coefficient (Wildman–Crippen LogP) is 12.2. The van der Waals surface area contributed by atoms with E-state index >= 15 is 0 Å². The molecule has 1 saturated carbocycles. The maximum atomic E-state index is 13.4. The molecular weight excluding hydrogens is 631 g/mol. The van der Waals surface area contributed by atoms with Gasteiger partial charge in [-0.25, -0.2) is 0 Å². The summed E-state index contributed by atoms with van der Waals surface area (Å²) in [4.78, 5) is 40.2. The average Bonchev–Trinajstić information content (AvgIpc) is 2.96. The van der Waals surface area contributed by atoms with Crippen LogP contribution in [0.15, 0.2) is 54.6 Å². The Morgan fingerprint density at radius 3 is 1.46 bits per heavy atom. The average molecular weight is 699 g/mol. The van der Waals surface area contributed by atoms with E-state index in [4.69, 9.17) is 0 Å². The fourth-order valence-corrected chi connectivity index (χ4v) is 11.9. The van der Waals surface area contributed by atoms with Crippen molar-refractivity contribution in [2.75, 3.05) is 0 Å². The van der Waals surface area contributed by atoms with Crippen LogP contribution in [0.5, 0.6) is 0 Å². The normalized spacial score (nSPS) is 17.6. The summed E-state index contributed by atoms with van der Waals surface area (Å²) in [6.07, 6.45) is 3.68. The molecule has 50 heavy (non-hydrogen) atoms. The van der Waals surface area contributed by atoms with Gasteiger partial charge < -0.3 is 0 Å². The van der Waals surface area contributed by atoms with Gasteiger partial charge in [-0.3, -0.25) is 0 Å². The molecule has 0 aliphatic heterocycles. The number of benzene rings is 4. The number of hydrogen-bond acceptors (Lipinski definition) is 3. The molecule has 0 aromatic heterocycles. The van der Waals surface area contributed by atoms with Crippen LogP contribution in [-0.4, -0.2) is 14.7 Å². The fourth-order valence-electron chi connectivity index (χ4n) is 8.44. The summed E-state index contributed by atoms with van der Waals surface area (Å²) in [5, 5.41) is 3.36. The molecular formula is C46H67O3P. The predicted molar refractivity (Wildman–Crippen MR) is 219 cm³/mol. The molecule has 1 aliphatic carbocycles. The van der Waals surface area contributed by atoms with Crippen LogP contribution in [-0.2, 0) is 32.2 Å². The second-order valence-electron chi connectivity index (χ2n) is 20.9. The molecule has 3 N–H and O–H groups in total. The Bertz CT molecular complexity index is 1930. The van der Waals surface area contributed by atoms with Crippen molar-refractivity contribution < 1.29 is 14.7 Å². The fraction of sp³-hybridized carbons (Fsp3) is 0.565. The molecule has 0 bridgehead atoms. The van der Waals surface area contributed by atoms with Crippen LogP contribution in [0.4, 0.5) is 0 Å². The van der Waals surface area contributed by atoms with E-state index in [-0.39, 0.29) is 21.7 Å². The molecule has 274 valence electrons. The molecule has 4 aromatic carbocycles. The third-order valence-corrected chi connectivity index (χ3v) is 15.1. The molecule has 3 nitrogen and oxygen atoms in total. The molecule has 0 radical (unpaired) electrons. The molecule has 0 atom stereocenters. The second-order valence-corrected chi connectivity index (χ2v) is 24.2. The van der Waals surface area contributed by atoms with Crippen molar-refractivity contribution >= 4 is 34.1 Å². The third-order valence-electron chi connectivity index (χ3n) is 11.6. The quantitative estimate of drug-likeness (QED) is 0.187. The summed E-state index contributed by atoms with van der Waals surface area (Å²) in [6, 6.07) is 19.9. The molecule has 4 aromatic rings.